The number of rotatable bonds is 4. The maximum absolute atomic E-state index is 12.6. The van der Waals surface area contributed by atoms with Gasteiger partial charge >= 0.3 is 5.97 Å². The number of hydrogen-bond acceptors (Lipinski definition) is 3. The molecule has 1 aromatic heterocycles. The zero-order valence-electron chi connectivity index (χ0n) is 12.5. The largest absolute Gasteiger partial charge is 0.497 e. The molecule has 3 rings (SSSR count). The summed E-state index contributed by atoms with van der Waals surface area (Å²) in [5.41, 5.74) is 0.634. The molecule has 0 spiro atoms. The highest BCUT2D eigenvalue weighted by Gasteiger charge is 2.11. The van der Waals surface area contributed by atoms with Crippen LogP contribution in [0.5, 0.6) is 5.75 Å². The van der Waals surface area contributed by atoms with Crippen LogP contribution in [0.25, 0.3) is 10.8 Å². The Bertz CT molecular complexity index is 943. The Hall–Kier alpha value is -3.08. The van der Waals surface area contributed by atoms with E-state index in [0.29, 0.717) is 16.7 Å². The molecule has 0 amide bonds. The molecule has 1 N–H and O–H groups in total. The number of pyridine rings is 1. The summed E-state index contributed by atoms with van der Waals surface area (Å²) in [4.78, 5) is 23.9. The third kappa shape index (κ3) is 2.81. The zero-order chi connectivity index (χ0) is 16.4. The number of carbonyl (C=O) groups is 1. The smallest absolute Gasteiger partial charge is 0.336 e. The highest BCUT2D eigenvalue weighted by atomic mass is 16.5. The second kappa shape index (κ2) is 5.96. The first kappa shape index (κ1) is 14.8. The number of ether oxygens (including phenoxy) is 1. The fraction of sp³-hybridized carbons (Fsp3) is 0.111. The van der Waals surface area contributed by atoms with Gasteiger partial charge in [0.15, 0.2) is 0 Å². The molecule has 0 saturated carbocycles. The minimum atomic E-state index is -1.00. The van der Waals surface area contributed by atoms with Crippen LogP contribution < -0.4 is 10.3 Å². The first-order valence-corrected chi connectivity index (χ1v) is 7.08. The topological polar surface area (TPSA) is 68.5 Å². The third-order valence-corrected chi connectivity index (χ3v) is 3.77. The van der Waals surface area contributed by atoms with Crippen LogP contribution in [-0.4, -0.2) is 22.8 Å². The van der Waals surface area contributed by atoms with Crippen LogP contribution in [0.1, 0.15) is 15.9 Å². The molecule has 5 heteroatoms. The number of benzene rings is 2. The minimum absolute atomic E-state index is 0.162. The summed E-state index contributed by atoms with van der Waals surface area (Å²) in [6.45, 7) is 0.212. The molecule has 0 radical (unpaired) electrons. The van der Waals surface area contributed by atoms with Gasteiger partial charge in [0, 0.05) is 11.6 Å². The maximum Gasteiger partial charge on any atom is 0.336 e. The Morgan fingerprint density at radius 2 is 1.96 bits per heavy atom. The van der Waals surface area contributed by atoms with E-state index in [1.165, 1.54) is 10.6 Å². The van der Waals surface area contributed by atoms with E-state index in [1.807, 2.05) is 6.07 Å². The number of methoxy groups -OCH3 is 1. The molecule has 1 heterocycles. The Morgan fingerprint density at radius 1 is 1.17 bits per heavy atom. The lowest BCUT2D eigenvalue weighted by molar-refractivity contribution is 0.0695. The summed E-state index contributed by atoms with van der Waals surface area (Å²) in [6, 6.07) is 13.8. The van der Waals surface area contributed by atoms with Crippen LogP contribution in [-0.2, 0) is 6.54 Å². The van der Waals surface area contributed by atoms with Crippen LogP contribution in [0.2, 0.25) is 0 Å². The van der Waals surface area contributed by atoms with Gasteiger partial charge in [-0.25, -0.2) is 4.79 Å². The van der Waals surface area contributed by atoms with Gasteiger partial charge in [-0.2, -0.15) is 0 Å². The van der Waals surface area contributed by atoms with Crippen LogP contribution in [0, 0.1) is 0 Å². The van der Waals surface area contributed by atoms with Gasteiger partial charge in [-0.3, -0.25) is 4.79 Å². The van der Waals surface area contributed by atoms with E-state index in [-0.39, 0.29) is 17.7 Å². The summed E-state index contributed by atoms with van der Waals surface area (Å²) in [6.07, 6.45) is 1.67. The summed E-state index contributed by atoms with van der Waals surface area (Å²) in [5, 5.41) is 10.6. The Labute approximate surface area is 132 Å². The Morgan fingerprint density at radius 3 is 2.70 bits per heavy atom. The molecular weight excluding hydrogens is 294 g/mol. The zero-order valence-corrected chi connectivity index (χ0v) is 12.5. The molecular formula is C18H15NO4. The van der Waals surface area contributed by atoms with Crippen molar-refractivity contribution in [2.24, 2.45) is 0 Å². The molecule has 23 heavy (non-hydrogen) atoms. The lowest BCUT2D eigenvalue weighted by Crippen LogP contribution is -2.21. The third-order valence-electron chi connectivity index (χ3n) is 3.77. The molecule has 3 aromatic rings. The van der Waals surface area contributed by atoms with Crippen molar-refractivity contribution >= 4 is 16.7 Å². The normalized spacial score (nSPS) is 10.7. The molecule has 0 aliphatic carbocycles. The highest BCUT2D eigenvalue weighted by molar-refractivity contribution is 5.89. The first-order chi connectivity index (χ1) is 11.1. The molecule has 0 saturated heterocycles. The van der Waals surface area contributed by atoms with Crippen LogP contribution in [0.3, 0.4) is 0 Å². The molecule has 0 unspecified atom stereocenters. The lowest BCUT2D eigenvalue weighted by Gasteiger charge is -2.10. The molecule has 0 bridgehead atoms. The van der Waals surface area contributed by atoms with E-state index in [9.17, 15) is 14.7 Å². The van der Waals surface area contributed by atoms with Crippen molar-refractivity contribution < 1.29 is 14.6 Å². The van der Waals surface area contributed by atoms with Crippen LogP contribution in [0.4, 0.5) is 0 Å². The molecule has 0 aliphatic rings. The number of aromatic carboxylic acids is 1. The summed E-state index contributed by atoms with van der Waals surface area (Å²) < 4.78 is 6.67. The average molecular weight is 309 g/mol. The molecule has 0 atom stereocenters. The molecule has 0 aliphatic heterocycles. The summed E-state index contributed by atoms with van der Waals surface area (Å²) >= 11 is 0. The quantitative estimate of drug-likeness (QED) is 0.804. The maximum atomic E-state index is 12.6. The average Bonchev–Trinajstić information content (AvgIpc) is 2.57. The van der Waals surface area contributed by atoms with Gasteiger partial charge in [-0.1, -0.05) is 18.2 Å². The second-order valence-corrected chi connectivity index (χ2v) is 5.16. The van der Waals surface area contributed by atoms with Gasteiger partial charge in [0.05, 0.1) is 19.2 Å². The molecule has 116 valence electrons. The highest BCUT2D eigenvalue weighted by Crippen LogP contribution is 2.18. The van der Waals surface area contributed by atoms with Crippen molar-refractivity contribution in [2.75, 3.05) is 7.11 Å². The SMILES string of the molecule is COc1ccc2c(=O)n(Cc3ccccc3C(=O)O)ccc2c1. The standard InChI is InChI=1S/C18H15NO4/c1-23-14-6-7-15-12(10-14)8-9-19(17(15)20)11-13-4-2-3-5-16(13)18(21)22/h2-10H,11H2,1H3,(H,21,22). The van der Waals surface area contributed by atoms with Crippen molar-refractivity contribution in [1.29, 1.82) is 0 Å². The van der Waals surface area contributed by atoms with E-state index in [1.54, 1.807) is 49.7 Å². The van der Waals surface area contributed by atoms with Gasteiger partial charge in [0.25, 0.3) is 5.56 Å². The van der Waals surface area contributed by atoms with E-state index < -0.39 is 5.97 Å². The summed E-state index contributed by atoms with van der Waals surface area (Å²) in [7, 11) is 1.57. The monoisotopic (exact) mass is 309 g/mol. The Balaban J connectivity index is 2.07. The van der Waals surface area contributed by atoms with E-state index in [0.717, 1.165) is 5.39 Å². The predicted molar refractivity (Wildman–Crippen MR) is 87.3 cm³/mol. The molecule has 5 nitrogen and oxygen atoms in total. The Kier molecular flexibility index (Phi) is 3.85. The number of carboxylic acid groups (broad SMARTS) is 1. The summed E-state index contributed by atoms with van der Waals surface area (Å²) in [5.74, 6) is -0.315. The number of hydrogen-bond donors (Lipinski definition) is 1. The van der Waals surface area contributed by atoms with Crippen molar-refractivity contribution in [3.63, 3.8) is 0 Å². The minimum Gasteiger partial charge on any atom is -0.497 e. The van der Waals surface area contributed by atoms with Crippen LogP contribution >= 0.6 is 0 Å². The van der Waals surface area contributed by atoms with Crippen LogP contribution in [0.15, 0.2) is 59.5 Å². The number of nitrogens with zero attached hydrogens (tertiary/aromatic N) is 1. The molecule has 0 fully saturated rings. The fourth-order valence-electron chi connectivity index (χ4n) is 2.57. The van der Waals surface area contributed by atoms with Crippen molar-refractivity contribution in [3.8, 4) is 5.75 Å². The fourth-order valence-corrected chi connectivity index (χ4v) is 2.57. The van der Waals surface area contributed by atoms with Crippen molar-refractivity contribution in [2.45, 2.75) is 6.54 Å². The van der Waals surface area contributed by atoms with E-state index >= 15 is 0 Å². The van der Waals surface area contributed by atoms with Gasteiger partial charge in [-0.05, 0) is 41.3 Å². The van der Waals surface area contributed by atoms with Gasteiger partial charge in [0.2, 0.25) is 0 Å². The van der Waals surface area contributed by atoms with E-state index in [2.05, 4.69) is 0 Å². The number of carboxylic acids is 1. The van der Waals surface area contributed by atoms with Crippen molar-refractivity contribution in [3.05, 3.63) is 76.2 Å². The van der Waals surface area contributed by atoms with Gasteiger partial charge in [-0.15, -0.1) is 0 Å². The lowest BCUT2D eigenvalue weighted by atomic mass is 10.1. The number of aromatic nitrogens is 1. The second-order valence-electron chi connectivity index (χ2n) is 5.16. The van der Waals surface area contributed by atoms with E-state index in [4.69, 9.17) is 4.74 Å². The van der Waals surface area contributed by atoms with Gasteiger partial charge < -0.3 is 14.4 Å². The molecule has 2 aromatic carbocycles. The van der Waals surface area contributed by atoms with Crippen molar-refractivity contribution in [1.82, 2.24) is 4.57 Å². The number of fused-ring (bicyclic) bond motifs is 1. The first-order valence-electron chi connectivity index (χ1n) is 7.08. The van der Waals surface area contributed by atoms with Gasteiger partial charge in [0.1, 0.15) is 5.75 Å². The predicted octanol–water partition coefficient (Wildman–Crippen LogP) is 2.76.